The monoisotopic (exact) mass is 522 g/mol. The predicted octanol–water partition coefficient (Wildman–Crippen LogP) is 10.8. The van der Waals surface area contributed by atoms with Crippen molar-refractivity contribution in [3.05, 3.63) is 153 Å². The molecule has 202 valence electrons. The minimum atomic E-state index is 0.305. The van der Waals surface area contributed by atoms with Crippen LogP contribution in [0.3, 0.4) is 0 Å². The summed E-state index contributed by atoms with van der Waals surface area (Å²) in [6, 6.07) is 16.1. The Morgan fingerprint density at radius 3 is 2.60 bits per heavy atom. The van der Waals surface area contributed by atoms with Crippen molar-refractivity contribution in [3.63, 3.8) is 0 Å². The van der Waals surface area contributed by atoms with Crippen molar-refractivity contribution >= 4 is 11.1 Å². The lowest BCUT2D eigenvalue weighted by molar-refractivity contribution is 0.618. The van der Waals surface area contributed by atoms with Gasteiger partial charge in [-0.1, -0.05) is 111 Å². The molecular formula is C40H42. The molecule has 2 unspecified atom stereocenters. The maximum absolute atomic E-state index is 4.77. The van der Waals surface area contributed by atoms with E-state index in [1.165, 1.54) is 80.5 Å². The molecule has 0 aliphatic heterocycles. The zero-order valence-electron chi connectivity index (χ0n) is 24.6. The van der Waals surface area contributed by atoms with E-state index in [0.717, 1.165) is 31.3 Å². The fraction of sp³-hybridized carbons (Fsp3) is 0.300. The lowest BCUT2D eigenvalue weighted by Gasteiger charge is -2.35. The Morgan fingerprint density at radius 1 is 0.975 bits per heavy atom. The highest BCUT2D eigenvalue weighted by Crippen LogP contribution is 2.55. The highest BCUT2D eigenvalue weighted by atomic mass is 14.4. The van der Waals surface area contributed by atoms with Crippen molar-refractivity contribution in [3.8, 4) is 0 Å². The summed E-state index contributed by atoms with van der Waals surface area (Å²) in [5, 5.41) is 0. The molecule has 4 aliphatic rings. The van der Waals surface area contributed by atoms with Crippen molar-refractivity contribution in [1.29, 1.82) is 0 Å². The lowest BCUT2D eigenvalue weighted by atomic mass is 9.69. The van der Waals surface area contributed by atoms with Crippen molar-refractivity contribution in [2.75, 3.05) is 0 Å². The van der Waals surface area contributed by atoms with Gasteiger partial charge in [0.1, 0.15) is 0 Å². The van der Waals surface area contributed by atoms with Gasteiger partial charge < -0.3 is 0 Å². The highest BCUT2D eigenvalue weighted by molar-refractivity contribution is 5.76. The SMILES string of the molecule is C=C(CCC)C1=C(C)C=C2C/C(=C\C3=CC=C(c4cccc(C(=C)C)c4)C3)C(=C)C2C1c1ccc2c(c1)CCC2. The van der Waals surface area contributed by atoms with E-state index >= 15 is 0 Å². The number of benzene rings is 2. The van der Waals surface area contributed by atoms with E-state index < -0.39 is 0 Å². The molecule has 4 aliphatic carbocycles. The third-order valence-corrected chi connectivity index (χ3v) is 9.45. The quantitative estimate of drug-likeness (QED) is 0.339. The second-order valence-corrected chi connectivity index (χ2v) is 12.3. The van der Waals surface area contributed by atoms with Crippen LogP contribution in [0.2, 0.25) is 0 Å². The van der Waals surface area contributed by atoms with E-state index in [1.54, 1.807) is 11.1 Å². The van der Waals surface area contributed by atoms with Crippen molar-refractivity contribution in [1.82, 2.24) is 0 Å². The lowest BCUT2D eigenvalue weighted by Crippen LogP contribution is -2.21. The van der Waals surface area contributed by atoms with E-state index in [4.69, 9.17) is 6.58 Å². The van der Waals surface area contributed by atoms with Crippen LogP contribution < -0.4 is 0 Å². The normalized spacial score (nSPS) is 22.7. The third-order valence-electron chi connectivity index (χ3n) is 9.45. The first kappa shape index (κ1) is 26.6. The largest absolute Gasteiger partial charge is 0.0955 e. The van der Waals surface area contributed by atoms with Crippen LogP contribution in [0.4, 0.5) is 0 Å². The summed E-state index contributed by atoms with van der Waals surface area (Å²) in [6.45, 7) is 20.1. The fourth-order valence-electron chi connectivity index (χ4n) is 7.47. The minimum absolute atomic E-state index is 0.305. The van der Waals surface area contributed by atoms with Gasteiger partial charge >= 0.3 is 0 Å². The van der Waals surface area contributed by atoms with E-state index in [2.05, 4.69) is 101 Å². The first-order chi connectivity index (χ1) is 19.3. The number of rotatable bonds is 7. The number of hydrogen-bond donors (Lipinski definition) is 0. The Kier molecular flexibility index (Phi) is 7.13. The van der Waals surface area contributed by atoms with Crippen LogP contribution in [0, 0.1) is 5.92 Å². The molecule has 0 heteroatoms. The molecule has 0 bridgehead atoms. The predicted molar refractivity (Wildman–Crippen MR) is 173 cm³/mol. The first-order valence-electron chi connectivity index (χ1n) is 15.1. The molecule has 2 aromatic rings. The Labute approximate surface area is 241 Å². The Bertz CT molecular complexity index is 1590. The molecular weight excluding hydrogens is 480 g/mol. The average molecular weight is 523 g/mol. The van der Waals surface area contributed by atoms with Crippen LogP contribution in [0.1, 0.15) is 86.6 Å². The molecule has 1 saturated carbocycles. The Hall–Kier alpha value is -3.64. The van der Waals surface area contributed by atoms with Gasteiger partial charge in [0, 0.05) is 11.8 Å². The van der Waals surface area contributed by atoms with Crippen molar-refractivity contribution in [2.45, 2.75) is 71.6 Å². The molecule has 6 rings (SSSR count). The zero-order chi connectivity index (χ0) is 28.0. The highest BCUT2D eigenvalue weighted by Gasteiger charge is 2.41. The first-order valence-corrected chi connectivity index (χ1v) is 15.1. The topological polar surface area (TPSA) is 0 Å². The van der Waals surface area contributed by atoms with Gasteiger partial charge in [-0.2, -0.15) is 0 Å². The summed E-state index contributed by atoms with van der Waals surface area (Å²) in [6.07, 6.45) is 17.3. The second-order valence-electron chi connectivity index (χ2n) is 12.3. The van der Waals surface area contributed by atoms with E-state index in [0.29, 0.717) is 11.8 Å². The number of fused-ring (bicyclic) bond motifs is 2. The van der Waals surface area contributed by atoms with Gasteiger partial charge in [0.25, 0.3) is 0 Å². The van der Waals surface area contributed by atoms with Crippen LogP contribution in [-0.4, -0.2) is 0 Å². The van der Waals surface area contributed by atoms with Gasteiger partial charge in [0.15, 0.2) is 0 Å². The summed E-state index contributed by atoms with van der Waals surface area (Å²) in [7, 11) is 0. The van der Waals surface area contributed by atoms with Crippen molar-refractivity contribution < 1.29 is 0 Å². The standard InChI is InChI=1S/C40H42/c1-7-10-26(4)38-27(5)19-37-24-36(21-29-15-16-34(20-29)33-14-9-12-31(22-33)25(2)3)28(6)39(37)40(38)35-18-17-30-11-8-13-32(30)23-35/h9,12,14-19,21-23,39-40H,2,4,6-8,10-11,13,20,24H2,1,3,5H3/b36-21+. The molecule has 0 saturated heterocycles. The van der Waals surface area contributed by atoms with Crippen molar-refractivity contribution in [2.24, 2.45) is 5.92 Å². The van der Waals surface area contributed by atoms with E-state index in [-0.39, 0.29) is 0 Å². The molecule has 0 heterocycles. The van der Waals surface area contributed by atoms with E-state index in [1.807, 2.05) is 0 Å². The minimum Gasteiger partial charge on any atom is -0.0955 e. The summed E-state index contributed by atoms with van der Waals surface area (Å²) in [5.74, 6) is 0.624. The van der Waals surface area contributed by atoms with E-state index in [9.17, 15) is 0 Å². The molecule has 0 N–H and O–H groups in total. The molecule has 0 nitrogen and oxygen atoms in total. The third kappa shape index (κ3) is 4.79. The summed E-state index contributed by atoms with van der Waals surface area (Å²) in [5.41, 5.74) is 19.3. The molecule has 0 amide bonds. The average Bonchev–Trinajstić information content (AvgIpc) is 3.67. The van der Waals surface area contributed by atoms with Crippen LogP contribution >= 0.6 is 0 Å². The maximum atomic E-state index is 4.77. The molecule has 2 aromatic carbocycles. The number of allylic oxidation sites excluding steroid dienone is 13. The summed E-state index contributed by atoms with van der Waals surface area (Å²) >= 11 is 0. The van der Waals surface area contributed by atoms with Gasteiger partial charge in [0.05, 0.1) is 0 Å². The number of hydrogen-bond acceptors (Lipinski definition) is 0. The molecule has 0 aromatic heterocycles. The molecule has 1 fully saturated rings. The molecule has 0 spiro atoms. The van der Waals surface area contributed by atoms with Gasteiger partial charge in [-0.15, -0.1) is 0 Å². The summed E-state index contributed by atoms with van der Waals surface area (Å²) < 4.78 is 0. The van der Waals surface area contributed by atoms with Crippen LogP contribution in [0.25, 0.3) is 11.1 Å². The van der Waals surface area contributed by atoms with Gasteiger partial charge in [-0.25, -0.2) is 0 Å². The second kappa shape index (κ2) is 10.7. The Morgan fingerprint density at radius 2 is 1.80 bits per heavy atom. The summed E-state index contributed by atoms with van der Waals surface area (Å²) in [4.78, 5) is 0. The molecule has 0 radical (unpaired) electrons. The molecule has 40 heavy (non-hydrogen) atoms. The fourth-order valence-corrected chi connectivity index (χ4v) is 7.47. The van der Waals surface area contributed by atoms with Gasteiger partial charge in [-0.05, 0) is 120 Å². The maximum Gasteiger partial charge on any atom is 0.0201 e. The number of aryl methyl sites for hydroxylation is 2. The smallest absolute Gasteiger partial charge is 0.0201 e. The zero-order valence-corrected chi connectivity index (χ0v) is 24.6. The Balaban J connectivity index is 1.30. The van der Waals surface area contributed by atoms with Crippen LogP contribution in [-0.2, 0) is 12.8 Å². The van der Waals surface area contributed by atoms with Gasteiger partial charge in [-0.3, -0.25) is 0 Å². The van der Waals surface area contributed by atoms with Crippen LogP contribution in [0.15, 0.2) is 126 Å². The van der Waals surface area contributed by atoms with Crippen LogP contribution in [0.5, 0.6) is 0 Å². The van der Waals surface area contributed by atoms with Gasteiger partial charge in [0.2, 0.25) is 0 Å². The molecule has 2 atom stereocenters.